The molecule has 6 heteroatoms. The van der Waals surface area contributed by atoms with E-state index in [1.807, 2.05) is 19.9 Å². The van der Waals surface area contributed by atoms with Crippen molar-refractivity contribution >= 4 is 17.5 Å². The molecule has 2 amide bonds. The minimum atomic E-state index is -0.298. The van der Waals surface area contributed by atoms with Gasteiger partial charge in [0.15, 0.2) is 0 Å². The predicted octanol–water partition coefficient (Wildman–Crippen LogP) is 1.47. The van der Waals surface area contributed by atoms with Gasteiger partial charge in [-0.1, -0.05) is 13.8 Å². The molecule has 0 radical (unpaired) electrons. The maximum Gasteiger partial charge on any atom is 0.255 e. The van der Waals surface area contributed by atoms with Crippen LogP contribution in [-0.2, 0) is 4.79 Å². The number of nitrogens with one attached hydrogen (secondary N) is 3. The number of hydrogen-bond acceptors (Lipinski definition) is 4. The van der Waals surface area contributed by atoms with Gasteiger partial charge in [-0.15, -0.1) is 0 Å². The fraction of sp³-hybridized carbons (Fsp3) is 0.533. The number of hydrogen-bond donors (Lipinski definition) is 3. The molecule has 21 heavy (non-hydrogen) atoms. The van der Waals surface area contributed by atoms with Crippen molar-refractivity contribution in [2.24, 2.45) is 0 Å². The average Bonchev–Trinajstić information content (AvgIpc) is 2.48. The molecule has 116 valence electrons. The third-order valence-corrected chi connectivity index (χ3v) is 2.83. The Balaban J connectivity index is 2.66. The molecule has 0 spiro atoms. The van der Waals surface area contributed by atoms with E-state index in [1.165, 1.54) is 6.20 Å². The van der Waals surface area contributed by atoms with Gasteiger partial charge in [0.25, 0.3) is 5.91 Å². The largest absolute Gasteiger partial charge is 0.384 e. The van der Waals surface area contributed by atoms with Crippen LogP contribution in [0.5, 0.6) is 0 Å². The summed E-state index contributed by atoms with van der Waals surface area (Å²) in [6, 6.07) is 1.84. The van der Waals surface area contributed by atoms with Crippen LogP contribution >= 0.6 is 0 Å². The molecule has 0 saturated heterocycles. The molecule has 1 rings (SSSR count). The monoisotopic (exact) mass is 292 g/mol. The van der Waals surface area contributed by atoms with Crippen LogP contribution in [0.15, 0.2) is 12.3 Å². The molecule has 0 fully saturated rings. The van der Waals surface area contributed by atoms with Crippen LogP contribution in [0.2, 0.25) is 0 Å². The van der Waals surface area contributed by atoms with E-state index in [0.29, 0.717) is 12.1 Å². The van der Waals surface area contributed by atoms with E-state index in [4.69, 9.17) is 0 Å². The number of pyridine rings is 1. The summed E-state index contributed by atoms with van der Waals surface area (Å²) in [7, 11) is 0. The Kier molecular flexibility index (Phi) is 7.21. The third kappa shape index (κ3) is 5.81. The van der Waals surface area contributed by atoms with Crippen molar-refractivity contribution in [2.45, 2.75) is 33.6 Å². The number of aromatic nitrogens is 1. The zero-order valence-electron chi connectivity index (χ0n) is 13.0. The maximum absolute atomic E-state index is 12.1. The van der Waals surface area contributed by atoms with E-state index >= 15 is 0 Å². The van der Waals surface area contributed by atoms with E-state index in [9.17, 15) is 9.59 Å². The molecule has 0 aliphatic rings. The van der Waals surface area contributed by atoms with Crippen LogP contribution in [-0.4, -0.2) is 36.4 Å². The lowest BCUT2D eigenvalue weighted by Crippen LogP contribution is -2.37. The summed E-state index contributed by atoms with van der Waals surface area (Å²) in [4.78, 5) is 27.8. The lowest BCUT2D eigenvalue weighted by Gasteiger charge is -2.12. The Bertz CT molecular complexity index is 489. The Labute approximate surface area is 125 Å². The fourth-order valence-corrected chi connectivity index (χ4v) is 1.73. The number of anilines is 1. The normalized spacial score (nSPS) is 10.0. The number of nitrogens with zero attached hydrogens (tertiary/aromatic N) is 1. The summed E-state index contributed by atoms with van der Waals surface area (Å²) in [6.45, 7) is 7.27. The first kappa shape index (κ1) is 16.9. The molecule has 1 heterocycles. The first-order chi connectivity index (χ1) is 10.1. The molecule has 0 aromatic carbocycles. The van der Waals surface area contributed by atoms with E-state index in [-0.39, 0.29) is 18.4 Å². The Morgan fingerprint density at radius 3 is 2.52 bits per heavy atom. The molecule has 0 unspecified atom stereocenters. The molecule has 3 N–H and O–H groups in total. The van der Waals surface area contributed by atoms with Crippen molar-refractivity contribution in [2.75, 3.05) is 25.0 Å². The molecular formula is C15H24N4O2. The number of carbonyl (C=O) groups excluding carboxylic acids is 2. The van der Waals surface area contributed by atoms with Gasteiger partial charge >= 0.3 is 0 Å². The highest BCUT2D eigenvalue weighted by molar-refractivity contribution is 6.00. The molecule has 0 saturated carbocycles. The van der Waals surface area contributed by atoms with Gasteiger partial charge < -0.3 is 16.0 Å². The van der Waals surface area contributed by atoms with Crippen molar-refractivity contribution in [3.8, 4) is 0 Å². The SMILES string of the molecule is CCCNC(=O)CNC(=O)c1cnc(C)cc1NCCC. The summed E-state index contributed by atoms with van der Waals surface area (Å²) in [5.74, 6) is -0.485. The highest BCUT2D eigenvalue weighted by Gasteiger charge is 2.13. The highest BCUT2D eigenvalue weighted by atomic mass is 16.2. The Hall–Kier alpha value is -2.11. The van der Waals surface area contributed by atoms with E-state index < -0.39 is 0 Å². The number of rotatable bonds is 8. The smallest absolute Gasteiger partial charge is 0.255 e. The summed E-state index contributed by atoms with van der Waals surface area (Å²) < 4.78 is 0. The van der Waals surface area contributed by atoms with Crippen LogP contribution in [0.1, 0.15) is 42.7 Å². The highest BCUT2D eigenvalue weighted by Crippen LogP contribution is 2.15. The second kappa shape index (κ2) is 8.94. The standard InChI is InChI=1S/C15H24N4O2/c1-4-6-16-13-8-11(3)18-9-12(13)15(21)19-10-14(20)17-7-5-2/h8-9H,4-7,10H2,1-3H3,(H,16,18)(H,17,20)(H,19,21). The molecule has 1 aromatic heterocycles. The van der Waals surface area contributed by atoms with Crippen molar-refractivity contribution in [1.82, 2.24) is 15.6 Å². The second-order valence-electron chi connectivity index (χ2n) is 4.83. The van der Waals surface area contributed by atoms with E-state index in [0.717, 1.165) is 30.8 Å². The van der Waals surface area contributed by atoms with E-state index in [1.54, 1.807) is 0 Å². The van der Waals surface area contributed by atoms with Crippen molar-refractivity contribution in [3.05, 3.63) is 23.5 Å². The summed E-state index contributed by atoms with van der Waals surface area (Å²) in [5, 5.41) is 8.53. The van der Waals surface area contributed by atoms with Crippen LogP contribution in [0.25, 0.3) is 0 Å². The number of aryl methyl sites for hydroxylation is 1. The van der Waals surface area contributed by atoms with Crippen molar-refractivity contribution in [3.63, 3.8) is 0 Å². The quantitative estimate of drug-likeness (QED) is 0.677. The average molecular weight is 292 g/mol. The van der Waals surface area contributed by atoms with Gasteiger partial charge in [0.05, 0.1) is 17.8 Å². The van der Waals surface area contributed by atoms with Crippen LogP contribution in [0.4, 0.5) is 5.69 Å². The zero-order valence-corrected chi connectivity index (χ0v) is 13.0. The first-order valence-electron chi connectivity index (χ1n) is 7.33. The van der Waals surface area contributed by atoms with Gasteiger partial charge in [-0.3, -0.25) is 14.6 Å². The van der Waals surface area contributed by atoms with Gasteiger partial charge in [0.1, 0.15) is 0 Å². The molecular weight excluding hydrogens is 268 g/mol. The Morgan fingerprint density at radius 1 is 1.14 bits per heavy atom. The second-order valence-corrected chi connectivity index (χ2v) is 4.83. The van der Waals surface area contributed by atoms with Crippen molar-refractivity contribution in [1.29, 1.82) is 0 Å². The molecule has 6 nitrogen and oxygen atoms in total. The topological polar surface area (TPSA) is 83.1 Å². The van der Waals surface area contributed by atoms with E-state index in [2.05, 4.69) is 27.9 Å². The molecule has 0 atom stereocenters. The molecule has 0 aliphatic heterocycles. The van der Waals surface area contributed by atoms with Crippen molar-refractivity contribution < 1.29 is 9.59 Å². The summed E-state index contributed by atoms with van der Waals surface area (Å²) >= 11 is 0. The van der Waals surface area contributed by atoms with Gasteiger partial charge in [-0.05, 0) is 25.8 Å². The lowest BCUT2D eigenvalue weighted by atomic mass is 10.2. The summed E-state index contributed by atoms with van der Waals surface area (Å²) in [5.41, 5.74) is 2.04. The fourth-order valence-electron chi connectivity index (χ4n) is 1.73. The maximum atomic E-state index is 12.1. The Morgan fingerprint density at radius 2 is 1.86 bits per heavy atom. The van der Waals surface area contributed by atoms with Gasteiger partial charge in [0, 0.05) is 25.0 Å². The first-order valence-corrected chi connectivity index (χ1v) is 7.33. The molecule has 0 bridgehead atoms. The van der Waals surface area contributed by atoms with Crippen LogP contribution in [0, 0.1) is 6.92 Å². The minimum Gasteiger partial charge on any atom is -0.384 e. The van der Waals surface area contributed by atoms with Crippen LogP contribution < -0.4 is 16.0 Å². The lowest BCUT2D eigenvalue weighted by molar-refractivity contribution is -0.120. The minimum absolute atomic E-state index is 0.0278. The van der Waals surface area contributed by atoms with Crippen LogP contribution in [0.3, 0.4) is 0 Å². The van der Waals surface area contributed by atoms with Gasteiger partial charge in [-0.25, -0.2) is 0 Å². The number of amides is 2. The zero-order chi connectivity index (χ0) is 15.7. The molecule has 0 aliphatic carbocycles. The van der Waals surface area contributed by atoms with Gasteiger partial charge in [-0.2, -0.15) is 0 Å². The third-order valence-electron chi connectivity index (χ3n) is 2.83. The van der Waals surface area contributed by atoms with Gasteiger partial charge in [0.2, 0.25) is 5.91 Å². The molecule has 1 aromatic rings. The predicted molar refractivity (Wildman–Crippen MR) is 83.4 cm³/mol. The summed E-state index contributed by atoms with van der Waals surface area (Å²) in [6.07, 6.45) is 3.36. The number of carbonyl (C=O) groups is 2.